The van der Waals surface area contributed by atoms with Crippen molar-refractivity contribution in [3.05, 3.63) is 34.1 Å². The summed E-state index contributed by atoms with van der Waals surface area (Å²) >= 11 is 5.94. The molecule has 0 atom stereocenters. The van der Waals surface area contributed by atoms with Gasteiger partial charge in [0.25, 0.3) is 0 Å². The van der Waals surface area contributed by atoms with Gasteiger partial charge in [-0.2, -0.15) is 0 Å². The highest BCUT2D eigenvalue weighted by atomic mass is 35.5. The van der Waals surface area contributed by atoms with Crippen LogP contribution in [0.3, 0.4) is 0 Å². The van der Waals surface area contributed by atoms with Gasteiger partial charge in [-0.25, -0.2) is 14.6 Å². The van der Waals surface area contributed by atoms with Crippen molar-refractivity contribution in [3.63, 3.8) is 0 Å². The standard InChI is InChI=1S/C14H16ClNO4/c1-4-19-13(17)11(14(18)20-5-2)7-10-6-9(3)8-16-12(10)15/h6-8H,4-5H2,1-3H3. The average Bonchev–Trinajstić information content (AvgIpc) is 2.40. The number of carbonyl (C=O) groups excluding carboxylic acids is 2. The van der Waals surface area contributed by atoms with Crippen LogP contribution in [0.15, 0.2) is 17.8 Å². The van der Waals surface area contributed by atoms with E-state index in [9.17, 15) is 9.59 Å². The Hall–Kier alpha value is -1.88. The molecule has 0 bridgehead atoms. The maximum atomic E-state index is 11.8. The van der Waals surface area contributed by atoms with Crippen molar-refractivity contribution in [2.45, 2.75) is 20.8 Å². The Bertz CT molecular complexity index is 520. The lowest BCUT2D eigenvalue weighted by molar-refractivity contribution is -0.146. The first-order valence-corrected chi connectivity index (χ1v) is 6.55. The van der Waals surface area contributed by atoms with Gasteiger partial charge < -0.3 is 9.47 Å². The number of aryl methyl sites for hydroxylation is 1. The number of ether oxygens (including phenoxy) is 2. The molecule has 5 nitrogen and oxygen atoms in total. The van der Waals surface area contributed by atoms with Gasteiger partial charge in [0.05, 0.1) is 13.2 Å². The van der Waals surface area contributed by atoms with Crippen molar-refractivity contribution in [1.29, 1.82) is 0 Å². The molecule has 0 spiro atoms. The first kappa shape index (κ1) is 16.2. The molecule has 0 saturated heterocycles. The molecule has 6 heteroatoms. The minimum absolute atomic E-state index is 0.162. The topological polar surface area (TPSA) is 65.5 Å². The lowest BCUT2D eigenvalue weighted by Crippen LogP contribution is -2.18. The average molecular weight is 298 g/mol. The molecule has 0 aliphatic heterocycles. The van der Waals surface area contributed by atoms with Crippen LogP contribution >= 0.6 is 11.6 Å². The van der Waals surface area contributed by atoms with Crippen LogP contribution in [0, 0.1) is 6.92 Å². The lowest BCUT2D eigenvalue weighted by Gasteiger charge is -2.07. The van der Waals surface area contributed by atoms with E-state index in [1.165, 1.54) is 6.08 Å². The molecule has 0 radical (unpaired) electrons. The zero-order chi connectivity index (χ0) is 15.1. The summed E-state index contributed by atoms with van der Waals surface area (Å²) in [6.45, 7) is 5.46. The number of nitrogens with zero attached hydrogens (tertiary/aromatic N) is 1. The zero-order valence-electron chi connectivity index (χ0n) is 11.6. The van der Waals surface area contributed by atoms with Gasteiger partial charge >= 0.3 is 11.9 Å². The van der Waals surface area contributed by atoms with E-state index in [-0.39, 0.29) is 23.9 Å². The molecular weight excluding hydrogens is 282 g/mol. The van der Waals surface area contributed by atoms with Crippen molar-refractivity contribution < 1.29 is 19.1 Å². The van der Waals surface area contributed by atoms with Gasteiger partial charge in [-0.1, -0.05) is 11.6 Å². The second-order valence-electron chi connectivity index (χ2n) is 3.89. The third-order valence-electron chi connectivity index (χ3n) is 2.29. The monoisotopic (exact) mass is 297 g/mol. The van der Waals surface area contributed by atoms with Gasteiger partial charge in [0, 0.05) is 11.8 Å². The highest BCUT2D eigenvalue weighted by Crippen LogP contribution is 2.18. The van der Waals surface area contributed by atoms with Crippen LogP contribution in [0.4, 0.5) is 0 Å². The summed E-state index contributed by atoms with van der Waals surface area (Å²) in [5.41, 5.74) is 1.11. The van der Waals surface area contributed by atoms with E-state index in [0.717, 1.165) is 5.56 Å². The minimum atomic E-state index is -0.747. The minimum Gasteiger partial charge on any atom is -0.462 e. The quantitative estimate of drug-likeness (QED) is 0.275. The number of halogens is 1. The summed E-state index contributed by atoms with van der Waals surface area (Å²) in [5.74, 6) is -1.49. The summed E-state index contributed by atoms with van der Waals surface area (Å²) < 4.78 is 9.68. The van der Waals surface area contributed by atoms with E-state index in [2.05, 4.69) is 4.98 Å². The third kappa shape index (κ3) is 4.35. The number of carbonyl (C=O) groups is 2. The van der Waals surface area contributed by atoms with Crippen LogP contribution in [0.25, 0.3) is 6.08 Å². The Balaban J connectivity index is 3.21. The van der Waals surface area contributed by atoms with Gasteiger partial charge in [0.2, 0.25) is 0 Å². The molecular formula is C14H16ClNO4. The molecule has 0 fully saturated rings. The molecule has 0 saturated carbocycles. The van der Waals surface area contributed by atoms with E-state index in [1.54, 1.807) is 26.1 Å². The van der Waals surface area contributed by atoms with Crippen LogP contribution < -0.4 is 0 Å². The smallest absolute Gasteiger partial charge is 0.345 e. The van der Waals surface area contributed by atoms with Gasteiger partial charge in [-0.05, 0) is 38.5 Å². The lowest BCUT2D eigenvalue weighted by atomic mass is 10.1. The number of rotatable bonds is 5. The fourth-order valence-corrected chi connectivity index (χ4v) is 1.61. The van der Waals surface area contributed by atoms with E-state index < -0.39 is 11.9 Å². The Morgan fingerprint density at radius 3 is 2.30 bits per heavy atom. The number of aromatic nitrogens is 1. The van der Waals surface area contributed by atoms with Crippen molar-refractivity contribution in [2.24, 2.45) is 0 Å². The van der Waals surface area contributed by atoms with Crippen LogP contribution in [-0.4, -0.2) is 30.1 Å². The largest absolute Gasteiger partial charge is 0.462 e. The van der Waals surface area contributed by atoms with Crippen molar-refractivity contribution in [3.8, 4) is 0 Å². The fraction of sp³-hybridized carbons (Fsp3) is 0.357. The number of esters is 2. The normalized spacial score (nSPS) is 9.80. The van der Waals surface area contributed by atoms with E-state index in [4.69, 9.17) is 21.1 Å². The maximum Gasteiger partial charge on any atom is 0.345 e. The van der Waals surface area contributed by atoms with Gasteiger partial charge in [0.1, 0.15) is 10.7 Å². The van der Waals surface area contributed by atoms with Gasteiger partial charge in [-0.15, -0.1) is 0 Å². The number of hydrogen-bond donors (Lipinski definition) is 0. The summed E-state index contributed by atoms with van der Waals surface area (Å²) in [7, 11) is 0. The molecule has 0 aromatic carbocycles. The predicted octanol–water partition coefficient (Wildman–Crippen LogP) is 2.55. The van der Waals surface area contributed by atoms with E-state index in [0.29, 0.717) is 5.56 Å². The van der Waals surface area contributed by atoms with Crippen LogP contribution in [-0.2, 0) is 19.1 Å². The van der Waals surface area contributed by atoms with Crippen LogP contribution in [0.2, 0.25) is 5.15 Å². The molecule has 0 unspecified atom stereocenters. The molecule has 1 rings (SSSR count). The van der Waals surface area contributed by atoms with Crippen LogP contribution in [0.5, 0.6) is 0 Å². The summed E-state index contributed by atoms with van der Waals surface area (Å²) in [6.07, 6.45) is 2.92. The van der Waals surface area contributed by atoms with E-state index >= 15 is 0 Å². The Morgan fingerprint density at radius 2 is 1.80 bits per heavy atom. The summed E-state index contributed by atoms with van der Waals surface area (Å²) in [4.78, 5) is 27.6. The van der Waals surface area contributed by atoms with Crippen LogP contribution in [0.1, 0.15) is 25.0 Å². The highest BCUT2D eigenvalue weighted by Gasteiger charge is 2.21. The zero-order valence-corrected chi connectivity index (χ0v) is 12.4. The van der Waals surface area contributed by atoms with Gasteiger partial charge in [-0.3, -0.25) is 0 Å². The molecule has 1 heterocycles. The molecule has 108 valence electrons. The molecule has 0 aliphatic carbocycles. The highest BCUT2D eigenvalue weighted by molar-refractivity contribution is 6.31. The summed E-state index contributed by atoms with van der Waals surface area (Å²) in [6, 6.07) is 1.72. The number of hydrogen-bond acceptors (Lipinski definition) is 5. The van der Waals surface area contributed by atoms with Crippen molar-refractivity contribution in [2.75, 3.05) is 13.2 Å². The first-order valence-electron chi connectivity index (χ1n) is 6.17. The van der Waals surface area contributed by atoms with Crippen molar-refractivity contribution >= 4 is 29.6 Å². The number of pyridine rings is 1. The second kappa shape index (κ2) is 7.65. The third-order valence-corrected chi connectivity index (χ3v) is 2.61. The summed E-state index contributed by atoms with van der Waals surface area (Å²) in [5, 5.41) is 0.196. The Morgan fingerprint density at radius 1 is 1.25 bits per heavy atom. The van der Waals surface area contributed by atoms with Gasteiger partial charge in [0.15, 0.2) is 0 Å². The maximum absolute atomic E-state index is 11.8. The first-order chi connectivity index (χ1) is 9.49. The molecule has 20 heavy (non-hydrogen) atoms. The molecule has 0 aliphatic rings. The molecule has 1 aromatic heterocycles. The predicted molar refractivity (Wildman–Crippen MR) is 75.2 cm³/mol. The Labute approximate surface area is 122 Å². The molecule has 0 N–H and O–H groups in total. The SMILES string of the molecule is CCOC(=O)C(=Cc1cc(C)cnc1Cl)C(=O)OCC. The second-order valence-corrected chi connectivity index (χ2v) is 4.25. The Kier molecular flexibility index (Phi) is 6.18. The molecule has 0 amide bonds. The van der Waals surface area contributed by atoms with E-state index in [1.807, 2.05) is 6.92 Å². The fourth-order valence-electron chi connectivity index (χ4n) is 1.45. The molecule has 1 aromatic rings. The van der Waals surface area contributed by atoms with Crippen molar-refractivity contribution in [1.82, 2.24) is 4.98 Å².